The lowest BCUT2D eigenvalue weighted by molar-refractivity contribution is 0.992. The molecule has 0 bridgehead atoms. The Morgan fingerprint density at radius 3 is 2.78 bits per heavy atom. The second kappa shape index (κ2) is 3.08. The molecule has 1 unspecified atom stereocenters. The molecule has 0 spiro atoms. The lowest BCUT2D eigenvalue weighted by Crippen LogP contribution is -1.99. The Labute approximate surface area is 68.2 Å². The highest BCUT2D eigenvalue weighted by molar-refractivity contribution is 9.11. The fraction of sp³-hybridized carbons (Fsp3) is 0.667. The van der Waals surface area contributed by atoms with Crippen molar-refractivity contribution in [2.24, 2.45) is 5.73 Å². The van der Waals surface area contributed by atoms with Crippen LogP contribution in [0.1, 0.15) is 13.3 Å². The normalized spacial score (nSPS) is 27.7. The summed E-state index contributed by atoms with van der Waals surface area (Å²) >= 11 is 5.37. The number of halogens is 1. The van der Waals surface area contributed by atoms with Crippen LogP contribution in [-0.4, -0.2) is 11.8 Å². The topological polar surface area (TPSA) is 26.0 Å². The highest BCUT2D eigenvalue weighted by Gasteiger charge is 2.17. The minimum Gasteiger partial charge on any atom is -0.326 e. The lowest BCUT2D eigenvalue weighted by atomic mass is 10.3. The Hall–Kier alpha value is 0.530. The molecule has 1 aliphatic rings. The van der Waals surface area contributed by atoms with Gasteiger partial charge < -0.3 is 5.73 Å². The predicted molar refractivity (Wildman–Crippen MR) is 46.7 cm³/mol. The van der Waals surface area contributed by atoms with E-state index in [9.17, 15) is 0 Å². The van der Waals surface area contributed by atoms with E-state index in [1.807, 2.05) is 11.8 Å². The zero-order valence-corrected chi connectivity index (χ0v) is 7.76. The first kappa shape index (κ1) is 7.63. The van der Waals surface area contributed by atoms with E-state index in [4.69, 9.17) is 5.73 Å². The van der Waals surface area contributed by atoms with Crippen molar-refractivity contribution in [3.8, 4) is 0 Å². The molecule has 1 nitrogen and oxygen atoms in total. The van der Waals surface area contributed by atoms with Crippen molar-refractivity contribution in [2.45, 2.75) is 18.6 Å². The Kier molecular flexibility index (Phi) is 2.61. The van der Waals surface area contributed by atoms with Gasteiger partial charge in [-0.3, -0.25) is 0 Å². The number of hydrogen-bond acceptors (Lipinski definition) is 2. The van der Waals surface area contributed by atoms with Crippen LogP contribution in [0.25, 0.3) is 0 Å². The van der Waals surface area contributed by atoms with E-state index in [0.29, 0.717) is 6.54 Å². The van der Waals surface area contributed by atoms with Crippen molar-refractivity contribution in [3.05, 3.63) is 9.39 Å². The quantitative estimate of drug-likeness (QED) is 0.713. The van der Waals surface area contributed by atoms with Gasteiger partial charge in [-0.05, 0) is 6.42 Å². The van der Waals surface area contributed by atoms with Crippen LogP contribution in [0.15, 0.2) is 9.39 Å². The largest absolute Gasteiger partial charge is 0.326 e. The molecule has 3 heteroatoms. The summed E-state index contributed by atoms with van der Waals surface area (Å²) in [4.78, 5) is 1.32. The summed E-state index contributed by atoms with van der Waals surface area (Å²) in [6.07, 6.45) is 1.15. The number of nitrogens with two attached hydrogens (primary N) is 1. The van der Waals surface area contributed by atoms with E-state index in [-0.39, 0.29) is 0 Å². The summed E-state index contributed by atoms with van der Waals surface area (Å²) in [6, 6.07) is 0. The first-order chi connectivity index (χ1) is 4.24. The van der Waals surface area contributed by atoms with Gasteiger partial charge in [-0.2, -0.15) is 0 Å². The number of rotatable bonds is 1. The Balaban J connectivity index is 2.58. The van der Waals surface area contributed by atoms with Crippen LogP contribution >= 0.6 is 27.7 Å². The highest BCUT2D eigenvalue weighted by Crippen LogP contribution is 2.39. The summed E-state index contributed by atoms with van der Waals surface area (Å²) in [6.45, 7) is 2.91. The Morgan fingerprint density at radius 1 is 1.89 bits per heavy atom. The summed E-state index contributed by atoms with van der Waals surface area (Å²) in [5.74, 6) is 0. The molecule has 0 aromatic heterocycles. The molecular formula is C6H10BrNS. The van der Waals surface area contributed by atoms with Gasteiger partial charge in [-0.25, -0.2) is 0 Å². The molecule has 0 amide bonds. The molecule has 0 aliphatic carbocycles. The minimum atomic E-state index is 0.690. The first-order valence-electron chi connectivity index (χ1n) is 2.98. The molecule has 0 saturated carbocycles. The van der Waals surface area contributed by atoms with Crippen molar-refractivity contribution >= 4 is 27.7 Å². The first-order valence-corrected chi connectivity index (χ1v) is 4.65. The summed E-state index contributed by atoms with van der Waals surface area (Å²) < 4.78 is 1.31. The van der Waals surface area contributed by atoms with Crippen molar-refractivity contribution in [2.75, 3.05) is 6.54 Å². The SMILES string of the molecule is CC1CC(Br)=C(CN)S1. The smallest absolute Gasteiger partial charge is 0.0247 e. The standard InChI is InChI=1S/C6H10BrNS/c1-4-2-5(7)6(3-8)9-4/h4H,2-3,8H2,1H3. The maximum absolute atomic E-state index is 5.48. The monoisotopic (exact) mass is 207 g/mol. The third kappa shape index (κ3) is 1.72. The van der Waals surface area contributed by atoms with Crippen LogP contribution < -0.4 is 5.73 Å². The van der Waals surface area contributed by atoms with Crippen molar-refractivity contribution < 1.29 is 0 Å². The molecule has 0 fully saturated rings. The minimum absolute atomic E-state index is 0.690. The van der Waals surface area contributed by atoms with Gasteiger partial charge in [-0.15, -0.1) is 11.8 Å². The Morgan fingerprint density at radius 2 is 2.56 bits per heavy atom. The van der Waals surface area contributed by atoms with E-state index in [0.717, 1.165) is 11.7 Å². The lowest BCUT2D eigenvalue weighted by Gasteiger charge is -1.97. The molecule has 1 heterocycles. The molecule has 9 heavy (non-hydrogen) atoms. The molecule has 1 aliphatic heterocycles. The van der Waals surface area contributed by atoms with Gasteiger partial charge >= 0.3 is 0 Å². The van der Waals surface area contributed by atoms with Crippen LogP contribution in [0.2, 0.25) is 0 Å². The van der Waals surface area contributed by atoms with Gasteiger partial charge in [0.1, 0.15) is 0 Å². The summed E-state index contributed by atoms with van der Waals surface area (Å²) in [5, 5.41) is 0.720. The number of thioether (sulfide) groups is 1. The van der Waals surface area contributed by atoms with Crippen LogP contribution in [0.3, 0.4) is 0 Å². The van der Waals surface area contributed by atoms with E-state index in [1.165, 1.54) is 9.39 Å². The second-order valence-corrected chi connectivity index (χ2v) is 4.66. The molecule has 1 rings (SSSR count). The van der Waals surface area contributed by atoms with E-state index in [1.54, 1.807) is 0 Å². The summed E-state index contributed by atoms with van der Waals surface area (Å²) in [7, 11) is 0. The maximum Gasteiger partial charge on any atom is 0.0247 e. The van der Waals surface area contributed by atoms with E-state index < -0.39 is 0 Å². The van der Waals surface area contributed by atoms with Crippen LogP contribution in [0.5, 0.6) is 0 Å². The van der Waals surface area contributed by atoms with Gasteiger partial charge in [-0.1, -0.05) is 22.9 Å². The van der Waals surface area contributed by atoms with Gasteiger partial charge in [0.2, 0.25) is 0 Å². The van der Waals surface area contributed by atoms with Crippen LogP contribution in [-0.2, 0) is 0 Å². The second-order valence-electron chi connectivity index (χ2n) is 2.16. The molecule has 2 N–H and O–H groups in total. The average molecular weight is 208 g/mol. The molecule has 0 saturated heterocycles. The van der Waals surface area contributed by atoms with Crippen molar-refractivity contribution in [1.29, 1.82) is 0 Å². The van der Waals surface area contributed by atoms with E-state index >= 15 is 0 Å². The third-order valence-corrected chi connectivity index (χ3v) is 3.63. The zero-order valence-electron chi connectivity index (χ0n) is 5.36. The fourth-order valence-electron chi connectivity index (χ4n) is 0.874. The Bertz CT molecular complexity index is 144. The molecule has 1 atom stereocenters. The molecule has 52 valence electrons. The molecule has 0 aromatic rings. The molecule has 0 radical (unpaired) electrons. The van der Waals surface area contributed by atoms with E-state index in [2.05, 4.69) is 22.9 Å². The fourth-order valence-corrected chi connectivity index (χ4v) is 3.06. The van der Waals surface area contributed by atoms with Gasteiger partial charge in [0.15, 0.2) is 0 Å². The molecule has 0 aromatic carbocycles. The molecular weight excluding hydrogens is 198 g/mol. The summed E-state index contributed by atoms with van der Waals surface area (Å²) in [5.41, 5.74) is 5.48. The van der Waals surface area contributed by atoms with Gasteiger partial charge in [0.25, 0.3) is 0 Å². The third-order valence-electron chi connectivity index (χ3n) is 1.30. The maximum atomic E-state index is 5.48. The zero-order chi connectivity index (χ0) is 6.85. The van der Waals surface area contributed by atoms with Crippen molar-refractivity contribution in [1.82, 2.24) is 0 Å². The van der Waals surface area contributed by atoms with Crippen LogP contribution in [0, 0.1) is 0 Å². The number of hydrogen-bond donors (Lipinski definition) is 1. The van der Waals surface area contributed by atoms with Gasteiger partial charge in [0, 0.05) is 21.2 Å². The predicted octanol–water partition coefficient (Wildman–Crippen LogP) is 2.08. The van der Waals surface area contributed by atoms with Gasteiger partial charge in [0.05, 0.1) is 0 Å². The average Bonchev–Trinajstić information content (AvgIpc) is 2.10. The number of allylic oxidation sites excluding steroid dienone is 1. The van der Waals surface area contributed by atoms with Crippen molar-refractivity contribution in [3.63, 3.8) is 0 Å². The van der Waals surface area contributed by atoms with Crippen LogP contribution in [0.4, 0.5) is 0 Å². The highest BCUT2D eigenvalue weighted by atomic mass is 79.9.